The van der Waals surface area contributed by atoms with E-state index in [1.165, 1.54) is 18.2 Å². The maximum Gasteiger partial charge on any atom is 0.242 e. The highest BCUT2D eigenvalue weighted by atomic mass is 35.5. The summed E-state index contributed by atoms with van der Waals surface area (Å²) in [6.07, 6.45) is 0.927. The molecule has 0 aliphatic heterocycles. The molecule has 11 heteroatoms. The Morgan fingerprint density at radius 3 is 2.27 bits per heavy atom. The number of carbonyl (C=O) groups is 1. The molecule has 0 aromatic heterocycles. The Kier molecular flexibility index (Phi) is 6.02. The van der Waals surface area contributed by atoms with Gasteiger partial charge in [-0.25, -0.2) is 25.9 Å². The van der Waals surface area contributed by atoms with Gasteiger partial charge in [-0.1, -0.05) is 11.6 Å². The summed E-state index contributed by atoms with van der Waals surface area (Å²) in [4.78, 5) is 11.1. The van der Waals surface area contributed by atoms with Crippen molar-refractivity contribution in [2.45, 2.75) is 9.79 Å². The van der Waals surface area contributed by atoms with Crippen LogP contribution in [0.15, 0.2) is 52.3 Å². The quantitative estimate of drug-likeness (QED) is 0.740. The van der Waals surface area contributed by atoms with Gasteiger partial charge in [0.1, 0.15) is 10.7 Å². The molecule has 0 aliphatic carbocycles. The van der Waals surface area contributed by atoms with E-state index in [0.29, 0.717) is 0 Å². The van der Waals surface area contributed by atoms with Gasteiger partial charge in [0, 0.05) is 11.9 Å². The first-order valence-electron chi connectivity index (χ1n) is 7.04. The smallest absolute Gasteiger partial charge is 0.242 e. The summed E-state index contributed by atoms with van der Waals surface area (Å²) in [6.45, 7) is -0.626. The lowest BCUT2D eigenvalue weighted by atomic mass is 10.3. The van der Waals surface area contributed by atoms with Crippen LogP contribution < -0.4 is 10.0 Å². The minimum Gasteiger partial charge on any atom is -0.325 e. The van der Waals surface area contributed by atoms with Gasteiger partial charge < -0.3 is 5.32 Å². The third kappa shape index (κ3) is 5.24. The second-order valence-electron chi connectivity index (χ2n) is 5.24. The van der Waals surface area contributed by atoms with Crippen molar-refractivity contribution in [3.63, 3.8) is 0 Å². The molecule has 0 saturated carbocycles. The second kappa shape index (κ2) is 7.70. The summed E-state index contributed by atoms with van der Waals surface area (Å²) in [5, 5.41) is 2.19. The average molecular weight is 421 g/mol. The first-order valence-corrected chi connectivity index (χ1v) is 10.8. The zero-order chi connectivity index (χ0) is 19.5. The van der Waals surface area contributed by atoms with Gasteiger partial charge in [0.2, 0.25) is 15.9 Å². The van der Waals surface area contributed by atoms with E-state index in [-0.39, 0.29) is 15.6 Å². The molecule has 7 nitrogen and oxygen atoms in total. The first-order chi connectivity index (χ1) is 12.0. The SMILES string of the molecule is CS(=O)(=O)c1ccc(Cl)c(S(=O)(=O)NCC(=O)Nc2ccc(F)cc2)c1. The van der Waals surface area contributed by atoms with E-state index >= 15 is 0 Å². The molecule has 0 fully saturated rings. The summed E-state index contributed by atoms with van der Waals surface area (Å²) in [7, 11) is -7.87. The van der Waals surface area contributed by atoms with Gasteiger partial charge in [-0.15, -0.1) is 0 Å². The van der Waals surface area contributed by atoms with Gasteiger partial charge in [-0.2, -0.15) is 0 Å². The molecular formula is C15H14ClFN2O5S2. The molecule has 0 saturated heterocycles. The normalized spacial score (nSPS) is 12.0. The van der Waals surface area contributed by atoms with E-state index in [0.717, 1.165) is 30.5 Å². The maximum absolute atomic E-state index is 12.8. The van der Waals surface area contributed by atoms with Crippen molar-refractivity contribution in [2.24, 2.45) is 0 Å². The predicted octanol–water partition coefficient (Wildman–Crippen LogP) is 1.80. The molecule has 26 heavy (non-hydrogen) atoms. The number of nitrogens with one attached hydrogen (secondary N) is 2. The Morgan fingerprint density at radius 2 is 1.69 bits per heavy atom. The minimum atomic E-state index is -4.24. The van der Waals surface area contributed by atoms with Gasteiger partial charge in [0.15, 0.2) is 9.84 Å². The second-order valence-corrected chi connectivity index (χ2v) is 9.40. The van der Waals surface area contributed by atoms with Crippen LogP contribution in [0.4, 0.5) is 10.1 Å². The van der Waals surface area contributed by atoms with E-state index in [9.17, 15) is 26.0 Å². The standard InChI is InChI=1S/C15H14ClFN2O5S2/c1-25(21,22)12-6-7-13(16)14(8-12)26(23,24)18-9-15(20)19-11-4-2-10(17)3-5-11/h2-8,18H,9H2,1H3,(H,19,20). The molecule has 0 spiro atoms. The van der Waals surface area contributed by atoms with Crippen molar-refractivity contribution in [3.8, 4) is 0 Å². The first kappa shape index (κ1) is 20.3. The summed E-state index contributed by atoms with van der Waals surface area (Å²) >= 11 is 5.84. The molecular weight excluding hydrogens is 407 g/mol. The van der Waals surface area contributed by atoms with E-state index < -0.39 is 43.0 Å². The van der Waals surface area contributed by atoms with Crippen LogP contribution in [0.5, 0.6) is 0 Å². The number of amides is 1. The van der Waals surface area contributed by atoms with Crippen molar-refractivity contribution in [3.05, 3.63) is 53.3 Å². The zero-order valence-corrected chi connectivity index (χ0v) is 15.8. The van der Waals surface area contributed by atoms with Crippen molar-refractivity contribution in [2.75, 3.05) is 18.1 Å². The average Bonchev–Trinajstić information content (AvgIpc) is 2.54. The third-order valence-corrected chi connectivity index (χ3v) is 6.16. The lowest BCUT2D eigenvalue weighted by Gasteiger charge is -2.10. The molecule has 0 bridgehead atoms. The summed E-state index contributed by atoms with van der Waals surface area (Å²) in [6, 6.07) is 8.13. The molecule has 0 aliphatic rings. The summed E-state index contributed by atoms with van der Waals surface area (Å²) < 4.78 is 62.6. The molecule has 0 atom stereocenters. The molecule has 140 valence electrons. The number of hydrogen-bond acceptors (Lipinski definition) is 5. The number of anilines is 1. The Hall–Kier alpha value is -2.01. The van der Waals surface area contributed by atoms with Gasteiger partial charge in [0.05, 0.1) is 16.5 Å². The van der Waals surface area contributed by atoms with Crippen LogP contribution >= 0.6 is 11.6 Å². The topological polar surface area (TPSA) is 109 Å². The van der Waals surface area contributed by atoms with Crippen LogP contribution in [0.1, 0.15) is 0 Å². The van der Waals surface area contributed by atoms with E-state index in [4.69, 9.17) is 11.6 Å². The molecule has 0 heterocycles. The van der Waals surface area contributed by atoms with Crippen LogP contribution in [0.3, 0.4) is 0 Å². The number of benzene rings is 2. The highest BCUT2D eigenvalue weighted by Crippen LogP contribution is 2.24. The lowest BCUT2D eigenvalue weighted by molar-refractivity contribution is -0.115. The van der Waals surface area contributed by atoms with Crippen LogP contribution in [0, 0.1) is 5.82 Å². The highest BCUT2D eigenvalue weighted by Gasteiger charge is 2.21. The number of hydrogen-bond donors (Lipinski definition) is 2. The van der Waals surface area contributed by atoms with Crippen LogP contribution in [-0.4, -0.2) is 35.5 Å². The van der Waals surface area contributed by atoms with E-state index in [1.807, 2.05) is 4.72 Å². The molecule has 2 aromatic carbocycles. The maximum atomic E-state index is 12.8. The van der Waals surface area contributed by atoms with Gasteiger partial charge in [0.25, 0.3) is 0 Å². The monoisotopic (exact) mass is 420 g/mol. The number of carbonyl (C=O) groups excluding carboxylic acids is 1. The Balaban J connectivity index is 2.13. The van der Waals surface area contributed by atoms with Crippen molar-refractivity contribution in [1.29, 1.82) is 0 Å². The Labute approximate surface area is 155 Å². The fraction of sp³-hybridized carbons (Fsp3) is 0.133. The fourth-order valence-electron chi connectivity index (χ4n) is 1.90. The van der Waals surface area contributed by atoms with Crippen LogP contribution in [-0.2, 0) is 24.7 Å². The molecule has 0 unspecified atom stereocenters. The van der Waals surface area contributed by atoms with Crippen molar-refractivity contribution in [1.82, 2.24) is 4.72 Å². The Morgan fingerprint density at radius 1 is 1.08 bits per heavy atom. The summed E-state index contributed by atoms with van der Waals surface area (Å²) in [5.41, 5.74) is 0.285. The van der Waals surface area contributed by atoms with Crippen molar-refractivity contribution < 1.29 is 26.0 Å². The van der Waals surface area contributed by atoms with Gasteiger partial charge in [-0.3, -0.25) is 4.79 Å². The van der Waals surface area contributed by atoms with Crippen molar-refractivity contribution >= 4 is 43.1 Å². The molecule has 2 aromatic rings. The number of sulfone groups is 1. The largest absolute Gasteiger partial charge is 0.325 e. The number of sulfonamides is 1. The molecule has 2 N–H and O–H groups in total. The highest BCUT2D eigenvalue weighted by molar-refractivity contribution is 7.91. The van der Waals surface area contributed by atoms with E-state index in [1.54, 1.807) is 0 Å². The number of halogens is 2. The molecule has 0 radical (unpaired) electrons. The Bertz CT molecular complexity index is 1040. The fourth-order valence-corrected chi connectivity index (χ4v) is 4.12. The molecule has 2 rings (SSSR count). The third-order valence-electron chi connectivity index (χ3n) is 3.17. The van der Waals surface area contributed by atoms with E-state index in [2.05, 4.69) is 5.32 Å². The van der Waals surface area contributed by atoms with Crippen LogP contribution in [0.2, 0.25) is 5.02 Å². The van der Waals surface area contributed by atoms with Gasteiger partial charge >= 0.3 is 0 Å². The lowest BCUT2D eigenvalue weighted by Crippen LogP contribution is -2.33. The minimum absolute atomic E-state index is 0.191. The number of rotatable bonds is 6. The molecule has 1 amide bonds. The predicted molar refractivity (Wildman–Crippen MR) is 94.8 cm³/mol. The summed E-state index contributed by atoms with van der Waals surface area (Å²) in [5.74, 6) is -1.18. The van der Waals surface area contributed by atoms with Crippen LogP contribution in [0.25, 0.3) is 0 Å². The zero-order valence-electron chi connectivity index (χ0n) is 13.4. The van der Waals surface area contributed by atoms with Gasteiger partial charge in [-0.05, 0) is 42.5 Å².